The molecule has 1 heterocycles. The van der Waals surface area contributed by atoms with Crippen LogP contribution in [0.5, 0.6) is 0 Å². The van der Waals surface area contributed by atoms with Crippen molar-refractivity contribution in [3.63, 3.8) is 0 Å². The first-order chi connectivity index (χ1) is 13.2. The Morgan fingerprint density at radius 1 is 0.714 bits per heavy atom. The fraction of sp³-hybridized carbons (Fsp3) is 0.280. The Kier molecular flexibility index (Phi) is 6.90. The maximum atomic E-state index is 11.5. The number of hydrogen-bond donors (Lipinski definition) is 1. The Labute approximate surface area is 174 Å². The molecule has 1 aliphatic heterocycles. The molecule has 3 aromatic carbocycles. The van der Waals surface area contributed by atoms with E-state index >= 15 is 0 Å². The predicted molar refractivity (Wildman–Crippen MR) is 118 cm³/mol. The van der Waals surface area contributed by atoms with Gasteiger partial charge in [0.2, 0.25) is 0 Å². The van der Waals surface area contributed by atoms with Gasteiger partial charge in [-0.1, -0.05) is 84.9 Å². The number of benzene rings is 3. The first-order valence-corrected chi connectivity index (χ1v) is 9.84. The molecule has 0 bridgehead atoms. The van der Waals surface area contributed by atoms with Crippen molar-refractivity contribution in [3.8, 4) is 0 Å². The lowest BCUT2D eigenvalue weighted by molar-refractivity contribution is -0.0283. The first-order valence-electron chi connectivity index (χ1n) is 9.84. The Bertz CT molecular complexity index is 858. The molecule has 3 aromatic rings. The van der Waals surface area contributed by atoms with Gasteiger partial charge in [0.05, 0.1) is 5.60 Å². The summed E-state index contributed by atoms with van der Waals surface area (Å²) in [6, 6.07) is 29.5. The average molecular weight is 394 g/mol. The summed E-state index contributed by atoms with van der Waals surface area (Å²) in [6.45, 7) is 2.80. The molecule has 0 aliphatic carbocycles. The van der Waals surface area contributed by atoms with Crippen molar-refractivity contribution in [1.29, 1.82) is 0 Å². The van der Waals surface area contributed by atoms with Gasteiger partial charge in [-0.15, -0.1) is 12.4 Å². The molecule has 0 atom stereocenters. The molecule has 0 radical (unpaired) electrons. The van der Waals surface area contributed by atoms with Crippen LogP contribution in [0.15, 0.2) is 84.9 Å². The van der Waals surface area contributed by atoms with Crippen LogP contribution in [-0.2, 0) is 18.6 Å². The van der Waals surface area contributed by atoms with Gasteiger partial charge in [-0.25, -0.2) is 0 Å². The third kappa shape index (κ3) is 4.82. The van der Waals surface area contributed by atoms with Crippen LogP contribution in [0.4, 0.5) is 0 Å². The van der Waals surface area contributed by atoms with Crippen LogP contribution in [-0.4, -0.2) is 23.1 Å². The monoisotopic (exact) mass is 393 g/mol. The lowest BCUT2D eigenvalue weighted by atomic mass is 9.80. The number of rotatable bonds is 5. The standard InChI is InChI=1S/C25H27NO.ClH/c27-25(15-17-26(18-16-25)20-22-11-5-2-6-12-22)24-14-8-7-13-23(24)19-21-9-3-1-4-10-21;/h1-14,27H,15-20H2;1H. The molecular formula is C25H28ClNO. The summed E-state index contributed by atoms with van der Waals surface area (Å²) in [5, 5.41) is 11.5. The lowest BCUT2D eigenvalue weighted by Crippen LogP contribution is -2.42. The van der Waals surface area contributed by atoms with Crippen molar-refractivity contribution in [1.82, 2.24) is 4.90 Å². The number of halogens is 1. The zero-order valence-electron chi connectivity index (χ0n) is 16.1. The van der Waals surface area contributed by atoms with Crippen molar-refractivity contribution < 1.29 is 5.11 Å². The van der Waals surface area contributed by atoms with Gasteiger partial charge in [-0.3, -0.25) is 4.90 Å². The fourth-order valence-electron chi connectivity index (χ4n) is 4.14. The van der Waals surface area contributed by atoms with Gasteiger partial charge in [0.25, 0.3) is 0 Å². The number of likely N-dealkylation sites (tertiary alicyclic amines) is 1. The Hall–Kier alpha value is -2.13. The van der Waals surface area contributed by atoms with Gasteiger partial charge < -0.3 is 5.11 Å². The smallest absolute Gasteiger partial charge is 0.0923 e. The molecule has 1 aliphatic rings. The molecule has 1 N–H and O–H groups in total. The molecule has 2 nitrogen and oxygen atoms in total. The van der Waals surface area contributed by atoms with Gasteiger partial charge in [0.1, 0.15) is 0 Å². The minimum Gasteiger partial charge on any atom is -0.385 e. The molecule has 0 spiro atoms. The highest BCUT2D eigenvalue weighted by molar-refractivity contribution is 5.85. The van der Waals surface area contributed by atoms with Gasteiger partial charge in [-0.05, 0) is 41.5 Å². The summed E-state index contributed by atoms with van der Waals surface area (Å²) >= 11 is 0. The van der Waals surface area contributed by atoms with E-state index in [1.54, 1.807) is 0 Å². The normalized spacial score (nSPS) is 16.3. The van der Waals surface area contributed by atoms with Crippen LogP contribution in [0.25, 0.3) is 0 Å². The van der Waals surface area contributed by atoms with Crippen LogP contribution in [0, 0.1) is 0 Å². The second-order valence-corrected chi connectivity index (χ2v) is 7.61. The van der Waals surface area contributed by atoms with Crippen LogP contribution in [0.1, 0.15) is 35.1 Å². The molecule has 0 unspecified atom stereocenters. The maximum Gasteiger partial charge on any atom is 0.0923 e. The molecule has 1 saturated heterocycles. The van der Waals surface area contributed by atoms with Crippen molar-refractivity contribution in [2.24, 2.45) is 0 Å². The van der Waals surface area contributed by atoms with E-state index in [0.717, 1.165) is 44.5 Å². The van der Waals surface area contributed by atoms with Crippen LogP contribution in [0.3, 0.4) is 0 Å². The Morgan fingerprint density at radius 3 is 1.89 bits per heavy atom. The van der Waals surface area contributed by atoms with E-state index in [1.807, 2.05) is 6.07 Å². The number of aliphatic hydroxyl groups is 1. The van der Waals surface area contributed by atoms with Gasteiger partial charge in [-0.2, -0.15) is 0 Å². The molecule has 1 fully saturated rings. The van der Waals surface area contributed by atoms with Crippen molar-refractivity contribution in [3.05, 3.63) is 107 Å². The fourth-order valence-corrected chi connectivity index (χ4v) is 4.14. The van der Waals surface area contributed by atoms with Crippen LogP contribution in [0.2, 0.25) is 0 Å². The van der Waals surface area contributed by atoms with E-state index in [2.05, 4.69) is 83.8 Å². The second kappa shape index (κ2) is 9.38. The maximum absolute atomic E-state index is 11.5. The number of piperidine rings is 1. The largest absolute Gasteiger partial charge is 0.385 e. The lowest BCUT2D eigenvalue weighted by Gasteiger charge is -2.39. The average Bonchev–Trinajstić information content (AvgIpc) is 2.72. The third-order valence-electron chi connectivity index (χ3n) is 5.69. The van der Waals surface area contributed by atoms with Gasteiger partial charge in [0.15, 0.2) is 0 Å². The highest BCUT2D eigenvalue weighted by Gasteiger charge is 2.35. The highest BCUT2D eigenvalue weighted by atomic mass is 35.5. The second-order valence-electron chi connectivity index (χ2n) is 7.61. The van der Waals surface area contributed by atoms with Gasteiger partial charge in [0, 0.05) is 19.6 Å². The highest BCUT2D eigenvalue weighted by Crippen LogP contribution is 2.36. The van der Waals surface area contributed by atoms with Crippen molar-refractivity contribution >= 4 is 12.4 Å². The molecule has 4 rings (SSSR count). The summed E-state index contributed by atoms with van der Waals surface area (Å²) in [5.41, 5.74) is 4.25. The van der Waals surface area contributed by atoms with E-state index in [0.29, 0.717) is 0 Å². The molecule has 3 heteroatoms. The van der Waals surface area contributed by atoms with E-state index in [9.17, 15) is 5.11 Å². The SMILES string of the molecule is Cl.OC1(c2ccccc2Cc2ccccc2)CCN(Cc2ccccc2)CC1. The number of hydrogen-bond acceptors (Lipinski definition) is 2. The summed E-state index contributed by atoms with van der Waals surface area (Å²) < 4.78 is 0. The van der Waals surface area contributed by atoms with E-state index in [1.165, 1.54) is 16.7 Å². The van der Waals surface area contributed by atoms with Gasteiger partial charge >= 0.3 is 0 Å². The molecule has 0 amide bonds. The van der Waals surface area contributed by atoms with E-state index < -0.39 is 5.60 Å². The topological polar surface area (TPSA) is 23.5 Å². The van der Waals surface area contributed by atoms with Crippen LogP contribution >= 0.6 is 12.4 Å². The van der Waals surface area contributed by atoms with E-state index in [4.69, 9.17) is 0 Å². The first kappa shape index (κ1) is 20.6. The van der Waals surface area contributed by atoms with Crippen LogP contribution < -0.4 is 0 Å². The molecule has 0 aromatic heterocycles. The zero-order valence-corrected chi connectivity index (χ0v) is 16.9. The molecular weight excluding hydrogens is 366 g/mol. The minimum atomic E-state index is -0.724. The molecule has 0 saturated carbocycles. The number of nitrogens with zero attached hydrogens (tertiary/aromatic N) is 1. The molecule has 146 valence electrons. The summed E-state index contributed by atoms with van der Waals surface area (Å²) in [6.07, 6.45) is 2.43. The summed E-state index contributed by atoms with van der Waals surface area (Å²) in [7, 11) is 0. The quantitative estimate of drug-likeness (QED) is 0.645. The Morgan fingerprint density at radius 2 is 1.25 bits per heavy atom. The summed E-state index contributed by atoms with van der Waals surface area (Å²) in [5.74, 6) is 0. The Balaban J connectivity index is 0.00000225. The van der Waals surface area contributed by atoms with Crippen molar-refractivity contribution in [2.45, 2.75) is 31.4 Å². The van der Waals surface area contributed by atoms with Crippen molar-refractivity contribution in [2.75, 3.05) is 13.1 Å². The summed E-state index contributed by atoms with van der Waals surface area (Å²) in [4.78, 5) is 2.45. The zero-order chi connectivity index (χ0) is 18.5. The third-order valence-corrected chi connectivity index (χ3v) is 5.69. The van der Waals surface area contributed by atoms with E-state index in [-0.39, 0.29) is 12.4 Å². The minimum absolute atomic E-state index is 0. The molecule has 28 heavy (non-hydrogen) atoms. The predicted octanol–water partition coefficient (Wildman–Crippen LogP) is 5.18.